The van der Waals surface area contributed by atoms with Gasteiger partial charge in [-0.15, -0.1) is 0 Å². The van der Waals surface area contributed by atoms with E-state index in [1.165, 1.54) is 5.56 Å². The Kier molecular flexibility index (Phi) is 8.43. The van der Waals surface area contributed by atoms with Crippen LogP contribution in [-0.4, -0.2) is 33.3 Å². The molecule has 51 heavy (non-hydrogen) atoms. The Morgan fingerprint density at radius 3 is 1.12 bits per heavy atom. The van der Waals surface area contributed by atoms with Gasteiger partial charge in [0.05, 0.1) is 11.2 Å². The van der Waals surface area contributed by atoms with Crippen LogP contribution in [0.1, 0.15) is 27.7 Å². The lowest BCUT2D eigenvalue weighted by atomic mass is 9.78. The van der Waals surface area contributed by atoms with Crippen molar-refractivity contribution in [3.8, 4) is 67.5 Å². The van der Waals surface area contributed by atoms with Crippen molar-refractivity contribution in [3.63, 3.8) is 0 Å². The smallest absolute Gasteiger partial charge is 0.399 e. The largest absolute Gasteiger partial charge is 0.494 e. The Bertz CT molecular complexity index is 2270. The molecule has 7 aromatic rings. The molecule has 248 valence electrons. The van der Waals surface area contributed by atoms with E-state index >= 15 is 0 Å². The summed E-state index contributed by atoms with van der Waals surface area (Å²) in [5, 5.41) is 0. The van der Waals surface area contributed by atoms with Crippen LogP contribution in [0.5, 0.6) is 0 Å². The summed E-state index contributed by atoms with van der Waals surface area (Å²) in [6.45, 7) is 8.31. The summed E-state index contributed by atoms with van der Waals surface area (Å²) in [7, 11) is -0.377. The highest BCUT2D eigenvalue weighted by atomic mass is 16.7. The van der Waals surface area contributed by atoms with Crippen LogP contribution in [0, 0.1) is 0 Å². The molecule has 1 aliphatic rings. The summed E-state index contributed by atoms with van der Waals surface area (Å²) in [5.74, 6) is 1.91. The first kappa shape index (κ1) is 32.5. The van der Waals surface area contributed by atoms with Crippen LogP contribution in [0.15, 0.2) is 158 Å². The van der Waals surface area contributed by atoms with Gasteiger partial charge in [-0.25, -0.2) is 15.0 Å². The lowest BCUT2D eigenvalue weighted by molar-refractivity contribution is 0.00578. The molecule has 0 N–H and O–H groups in total. The van der Waals surface area contributed by atoms with Crippen molar-refractivity contribution in [2.75, 3.05) is 0 Å². The molecule has 0 bridgehead atoms. The van der Waals surface area contributed by atoms with Crippen molar-refractivity contribution in [1.82, 2.24) is 15.0 Å². The number of benzene rings is 6. The highest BCUT2D eigenvalue weighted by Crippen LogP contribution is 2.37. The molecule has 5 nitrogen and oxygen atoms in total. The van der Waals surface area contributed by atoms with Crippen LogP contribution in [0.3, 0.4) is 0 Å². The van der Waals surface area contributed by atoms with Crippen molar-refractivity contribution in [2.45, 2.75) is 38.9 Å². The van der Waals surface area contributed by atoms with E-state index in [9.17, 15) is 0 Å². The molecular formula is C45H38BN3O2. The van der Waals surface area contributed by atoms with Crippen LogP contribution >= 0.6 is 0 Å². The summed E-state index contributed by atoms with van der Waals surface area (Å²) in [4.78, 5) is 14.8. The van der Waals surface area contributed by atoms with Gasteiger partial charge in [0.25, 0.3) is 0 Å². The van der Waals surface area contributed by atoms with Gasteiger partial charge >= 0.3 is 7.12 Å². The lowest BCUT2D eigenvalue weighted by Gasteiger charge is -2.32. The molecule has 0 atom stereocenters. The highest BCUT2D eigenvalue weighted by molar-refractivity contribution is 6.62. The topological polar surface area (TPSA) is 57.1 Å². The third-order valence-electron chi connectivity index (χ3n) is 10.0. The van der Waals surface area contributed by atoms with Crippen LogP contribution in [0.25, 0.3) is 67.5 Å². The van der Waals surface area contributed by atoms with Gasteiger partial charge in [-0.3, -0.25) is 0 Å². The summed E-state index contributed by atoms with van der Waals surface area (Å²) in [6, 6.07) is 54.4. The molecule has 6 aromatic carbocycles. The molecular weight excluding hydrogens is 625 g/mol. The van der Waals surface area contributed by atoms with Crippen molar-refractivity contribution < 1.29 is 9.31 Å². The molecule has 1 aliphatic heterocycles. The summed E-state index contributed by atoms with van der Waals surface area (Å²) in [6.07, 6.45) is 0. The standard InChI is InChI=1S/C45H38BN3O2/c1-44(2)45(3,4)51-46(50-44)40-28-26-34(27-29-40)39-17-11-16-38(30-39)33-20-24-37(25-21-33)43-48-41(35-14-9-6-10-15-35)47-42(49-43)36-22-18-32(19-23-36)31-12-7-5-8-13-31/h5-30H,1-4H3. The van der Waals surface area contributed by atoms with Crippen LogP contribution in [-0.2, 0) is 9.31 Å². The van der Waals surface area contributed by atoms with Crippen molar-refractivity contribution >= 4 is 12.6 Å². The molecule has 1 saturated heterocycles. The zero-order valence-corrected chi connectivity index (χ0v) is 29.2. The molecule has 0 spiro atoms. The first-order chi connectivity index (χ1) is 24.7. The fourth-order valence-electron chi connectivity index (χ4n) is 6.29. The van der Waals surface area contributed by atoms with Crippen LogP contribution in [0.4, 0.5) is 0 Å². The first-order valence-electron chi connectivity index (χ1n) is 17.4. The van der Waals surface area contributed by atoms with Gasteiger partial charge in [0.1, 0.15) is 0 Å². The molecule has 0 unspecified atom stereocenters. The van der Waals surface area contributed by atoms with E-state index in [-0.39, 0.29) is 18.3 Å². The van der Waals surface area contributed by atoms with E-state index in [0.717, 1.165) is 50.0 Å². The molecule has 1 fully saturated rings. The number of aromatic nitrogens is 3. The van der Waals surface area contributed by atoms with E-state index in [4.69, 9.17) is 24.3 Å². The van der Waals surface area contributed by atoms with Gasteiger partial charge in [-0.1, -0.05) is 152 Å². The van der Waals surface area contributed by atoms with Gasteiger partial charge in [-0.05, 0) is 72.6 Å². The number of hydrogen-bond acceptors (Lipinski definition) is 5. The maximum absolute atomic E-state index is 6.26. The normalized spacial score (nSPS) is 14.8. The Hall–Kier alpha value is -5.69. The third kappa shape index (κ3) is 6.64. The summed E-state index contributed by atoms with van der Waals surface area (Å²) in [5.41, 5.74) is 9.94. The number of nitrogens with zero attached hydrogens (tertiary/aromatic N) is 3. The molecule has 8 rings (SSSR count). The Balaban J connectivity index is 1.07. The highest BCUT2D eigenvalue weighted by Gasteiger charge is 2.51. The predicted octanol–water partition coefficient (Wildman–Crippen LogP) is 10.2. The minimum Gasteiger partial charge on any atom is -0.399 e. The van der Waals surface area contributed by atoms with Gasteiger partial charge in [0.15, 0.2) is 17.5 Å². The SMILES string of the molecule is CC1(C)OB(c2ccc(-c3cccc(-c4ccc(-c5nc(-c6ccccc6)nc(-c6ccc(-c7ccccc7)cc6)n5)cc4)c3)cc2)OC1(C)C. The molecule has 0 radical (unpaired) electrons. The Morgan fingerprint density at radius 2 is 0.667 bits per heavy atom. The average Bonchev–Trinajstić information content (AvgIpc) is 3.41. The molecule has 6 heteroatoms. The van der Waals surface area contributed by atoms with Gasteiger partial charge in [-0.2, -0.15) is 0 Å². The number of hydrogen-bond donors (Lipinski definition) is 0. The zero-order valence-electron chi connectivity index (χ0n) is 29.2. The minimum atomic E-state index is -0.377. The third-order valence-corrected chi connectivity index (χ3v) is 10.0. The second-order valence-electron chi connectivity index (χ2n) is 14.0. The molecule has 0 aliphatic carbocycles. The second-order valence-corrected chi connectivity index (χ2v) is 14.0. The van der Waals surface area contributed by atoms with Crippen molar-refractivity contribution in [2.24, 2.45) is 0 Å². The van der Waals surface area contributed by atoms with Crippen molar-refractivity contribution in [3.05, 3.63) is 158 Å². The quantitative estimate of drug-likeness (QED) is 0.159. The fraction of sp³-hybridized carbons (Fsp3) is 0.133. The monoisotopic (exact) mass is 663 g/mol. The second kappa shape index (κ2) is 13.2. The zero-order chi connectivity index (χ0) is 35.0. The van der Waals surface area contributed by atoms with E-state index < -0.39 is 0 Å². The average molecular weight is 664 g/mol. The van der Waals surface area contributed by atoms with Crippen LogP contribution in [0.2, 0.25) is 0 Å². The van der Waals surface area contributed by atoms with E-state index in [0.29, 0.717) is 17.5 Å². The maximum Gasteiger partial charge on any atom is 0.494 e. The number of rotatable bonds is 7. The maximum atomic E-state index is 6.26. The predicted molar refractivity (Wildman–Crippen MR) is 208 cm³/mol. The minimum absolute atomic E-state index is 0.370. The fourth-order valence-corrected chi connectivity index (χ4v) is 6.29. The van der Waals surface area contributed by atoms with Gasteiger partial charge in [0.2, 0.25) is 0 Å². The summed E-state index contributed by atoms with van der Waals surface area (Å²) < 4.78 is 12.5. The molecule has 1 aromatic heterocycles. The van der Waals surface area contributed by atoms with E-state index in [2.05, 4.69) is 149 Å². The Morgan fingerprint density at radius 1 is 0.353 bits per heavy atom. The van der Waals surface area contributed by atoms with Gasteiger partial charge < -0.3 is 9.31 Å². The van der Waals surface area contributed by atoms with Crippen molar-refractivity contribution in [1.29, 1.82) is 0 Å². The molecule has 0 amide bonds. The van der Waals surface area contributed by atoms with E-state index in [1.807, 2.05) is 36.4 Å². The van der Waals surface area contributed by atoms with E-state index in [1.54, 1.807) is 0 Å². The molecule has 2 heterocycles. The van der Waals surface area contributed by atoms with Gasteiger partial charge in [0, 0.05) is 16.7 Å². The first-order valence-corrected chi connectivity index (χ1v) is 17.4. The Labute approximate surface area is 300 Å². The lowest BCUT2D eigenvalue weighted by Crippen LogP contribution is -2.41. The molecule has 0 saturated carbocycles. The van der Waals surface area contributed by atoms with Crippen LogP contribution < -0.4 is 5.46 Å². The summed E-state index contributed by atoms with van der Waals surface area (Å²) >= 11 is 0.